The van der Waals surface area contributed by atoms with Crippen LogP contribution in [0.1, 0.15) is 6.42 Å². The Morgan fingerprint density at radius 3 is 3.00 bits per heavy atom. The van der Waals surface area contributed by atoms with Crippen LogP contribution < -0.4 is 4.90 Å². The maximum Gasteiger partial charge on any atom is 0.0722 e. The second-order valence-corrected chi connectivity index (χ2v) is 5.54. The summed E-state index contributed by atoms with van der Waals surface area (Å²) in [7, 11) is 0. The van der Waals surface area contributed by atoms with Gasteiger partial charge in [-0.25, -0.2) is 0 Å². The molecule has 0 N–H and O–H groups in total. The Balaban J connectivity index is 1.60. The van der Waals surface area contributed by atoms with Gasteiger partial charge in [0.2, 0.25) is 0 Å². The molecule has 2 aliphatic rings. The van der Waals surface area contributed by atoms with Crippen LogP contribution in [0.5, 0.6) is 0 Å². The van der Waals surface area contributed by atoms with Crippen LogP contribution in [0, 0.1) is 5.41 Å². The molecule has 0 radical (unpaired) electrons. The number of pyridine rings is 1. The molecular weight excluding hydrogens is 224 g/mol. The number of fused-ring (bicyclic) bond motifs is 1. The molecule has 92 valence electrons. The molecule has 0 unspecified atom stereocenters. The van der Waals surface area contributed by atoms with Gasteiger partial charge in [-0.05, 0) is 24.6 Å². The SMILES string of the molecule is c1cnc2cc(N3CC4(CCOC4)C3)ccc2c1. The minimum absolute atomic E-state index is 0.444. The number of hydrogen-bond donors (Lipinski definition) is 0. The van der Waals surface area contributed by atoms with E-state index in [1.54, 1.807) is 0 Å². The molecule has 1 aromatic heterocycles. The molecule has 2 fully saturated rings. The molecule has 0 amide bonds. The van der Waals surface area contributed by atoms with Gasteiger partial charge in [0.05, 0.1) is 12.1 Å². The predicted molar refractivity (Wildman–Crippen MR) is 71.8 cm³/mol. The normalized spacial score (nSPS) is 21.4. The first-order valence-electron chi connectivity index (χ1n) is 6.52. The third kappa shape index (κ3) is 1.51. The Morgan fingerprint density at radius 2 is 2.17 bits per heavy atom. The molecule has 0 saturated carbocycles. The monoisotopic (exact) mass is 240 g/mol. The summed E-state index contributed by atoms with van der Waals surface area (Å²) in [6.07, 6.45) is 3.07. The molecule has 3 heteroatoms. The van der Waals surface area contributed by atoms with E-state index in [2.05, 4.69) is 34.1 Å². The number of anilines is 1. The molecular formula is C15H16N2O. The van der Waals surface area contributed by atoms with Gasteiger partial charge < -0.3 is 9.64 Å². The highest BCUT2D eigenvalue weighted by Crippen LogP contribution is 2.41. The zero-order chi connectivity index (χ0) is 12.0. The lowest BCUT2D eigenvalue weighted by Crippen LogP contribution is -2.56. The van der Waals surface area contributed by atoms with Crippen molar-refractivity contribution in [1.29, 1.82) is 0 Å². The lowest BCUT2D eigenvalue weighted by atomic mass is 9.79. The van der Waals surface area contributed by atoms with E-state index in [0.29, 0.717) is 5.41 Å². The van der Waals surface area contributed by atoms with Gasteiger partial charge in [0.25, 0.3) is 0 Å². The summed E-state index contributed by atoms with van der Waals surface area (Å²) in [5.41, 5.74) is 2.82. The number of aromatic nitrogens is 1. The molecule has 0 aliphatic carbocycles. The van der Waals surface area contributed by atoms with Crippen molar-refractivity contribution < 1.29 is 4.74 Å². The van der Waals surface area contributed by atoms with Crippen LogP contribution >= 0.6 is 0 Å². The lowest BCUT2D eigenvalue weighted by Gasteiger charge is -2.48. The molecule has 3 heterocycles. The first-order valence-corrected chi connectivity index (χ1v) is 6.52. The molecule has 1 aromatic carbocycles. The Hall–Kier alpha value is -1.61. The van der Waals surface area contributed by atoms with Gasteiger partial charge in [0.15, 0.2) is 0 Å². The van der Waals surface area contributed by atoms with E-state index >= 15 is 0 Å². The van der Waals surface area contributed by atoms with Crippen molar-refractivity contribution in [2.75, 3.05) is 31.2 Å². The molecule has 2 aliphatic heterocycles. The minimum Gasteiger partial charge on any atom is -0.381 e. The smallest absolute Gasteiger partial charge is 0.0722 e. The third-order valence-corrected chi connectivity index (χ3v) is 4.19. The highest BCUT2D eigenvalue weighted by molar-refractivity contribution is 5.82. The van der Waals surface area contributed by atoms with Crippen molar-refractivity contribution in [2.24, 2.45) is 5.41 Å². The standard InChI is InChI=1S/C15H16N2O/c1-2-12-3-4-13(8-14(12)16-6-1)17-9-15(10-17)5-7-18-11-15/h1-4,6,8H,5,7,9-11H2. The van der Waals surface area contributed by atoms with Crippen LogP contribution in [-0.4, -0.2) is 31.3 Å². The summed E-state index contributed by atoms with van der Waals surface area (Å²) in [6.45, 7) is 4.14. The second-order valence-electron chi connectivity index (χ2n) is 5.54. The highest BCUT2D eigenvalue weighted by atomic mass is 16.5. The number of benzene rings is 1. The summed E-state index contributed by atoms with van der Waals surface area (Å²) >= 11 is 0. The van der Waals surface area contributed by atoms with E-state index in [1.807, 2.05) is 12.3 Å². The van der Waals surface area contributed by atoms with Crippen LogP contribution in [0.2, 0.25) is 0 Å². The average molecular weight is 240 g/mol. The third-order valence-electron chi connectivity index (χ3n) is 4.19. The Bertz CT molecular complexity index is 582. The van der Waals surface area contributed by atoms with Crippen molar-refractivity contribution in [2.45, 2.75) is 6.42 Å². The molecule has 1 spiro atoms. The van der Waals surface area contributed by atoms with E-state index < -0.39 is 0 Å². The van der Waals surface area contributed by atoms with Gasteiger partial charge >= 0.3 is 0 Å². The number of nitrogens with zero attached hydrogens (tertiary/aromatic N) is 2. The van der Waals surface area contributed by atoms with E-state index in [4.69, 9.17) is 4.74 Å². The van der Waals surface area contributed by atoms with Crippen LogP contribution in [-0.2, 0) is 4.74 Å². The summed E-state index contributed by atoms with van der Waals surface area (Å²) in [4.78, 5) is 6.85. The molecule has 2 saturated heterocycles. The van der Waals surface area contributed by atoms with Gasteiger partial charge in [-0.1, -0.05) is 12.1 Å². The van der Waals surface area contributed by atoms with E-state index in [-0.39, 0.29) is 0 Å². The van der Waals surface area contributed by atoms with Crippen molar-refractivity contribution >= 4 is 16.6 Å². The molecule has 0 bridgehead atoms. The fraction of sp³-hybridized carbons (Fsp3) is 0.400. The maximum absolute atomic E-state index is 5.52. The number of hydrogen-bond acceptors (Lipinski definition) is 3. The Labute approximate surface area is 106 Å². The van der Waals surface area contributed by atoms with Crippen molar-refractivity contribution in [3.63, 3.8) is 0 Å². The zero-order valence-electron chi connectivity index (χ0n) is 10.3. The average Bonchev–Trinajstić information content (AvgIpc) is 2.86. The summed E-state index contributed by atoms with van der Waals surface area (Å²) in [5, 5.41) is 1.21. The van der Waals surface area contributed by atoms with E-state index in [1.165, 1.54) is 17.5 Å². The van der Waals surface area contributed by atoms with E-state index in [9.17, 15) is 0 Å². The van der Waals surface area contributed by atoms with Crippen molar-refractivity contribution in [1.82, 2.24) is 4.98 Å². The second kappa shape index (κ2) is 3.69. The van der Waals surface area contributed by atoms with Crippen molar-refractivity contribution in [3.05, 3.63) is 36.5 Å². The molecule has 4 rings (SSSR count). The van der Waals surface area contributed by atoms with Gasteiger partial charge in [-0.15, -0.1) is 0 Å². The fourth-order valence-electron chi connectivity index (χ4n) is 3.10. The molecule has 3 nitrogen and oxygen atoms in total. The lowest BCUT2D eigenvalue weighted by molar-refractivity contribution is 0.131. The predicted octanol–water partition coefficient (Wildman–Crippen LogP) is 2.46. The quantitative estimate of drug-likeness (QED) is 0.765. The maximum atomic E-state index is 5.52. The number of ether oxygens (including phenoxy) is 1. The van der Waals surface area contributed by atoms with Crippen LogP contribution in [0.25, 0.3) is 10.9 Å². The first kappa shape index (κ1) is 10.3. The Kier molecular flexibility index (Phi) is 2.12. The highest BCUT2D eigenvalue weighted by Gasteiger charge is 2.45. The number of rotatable bonds is 1. The van der Waals surface area contributed by atoms with Gasteiger partial charge in [0, 0.05) is 42.4 Å². The summed E-state index contributed by atoms with van der Waals surface area (Å²) in [6, 6.07) is 10.6. The van der Waals surface area contributed by atoms with Crippen molar-refractivity contribution in [3.8, 4) is 0 Å². The topological polar surface area (TPSA) is 25.4 Å². The first-order chi connectivity index (χ1) is 8.85. The largest absolute Gasteiger partial charge is 0.381 e. The molecule has 0 atom stereocenters. The minimum atomic E-state index is 0.444. The van der Waals surface area contributed by atoms with E-state index in [0.717, 1.165) is 31.8 Å². The van der Waals surface area contributed by atoms with Crippen LogP contribution in [0.4, 0.5) is 5.69 Å². The Morgan fingerprint density at radius 1 is 1.22 bits per heavy atom. The van der Waals surface area contributed by atoms with Gasteiger partial charge in [-0.3, -0.25) is 4.98 Å². The summed E-state index contributed by atoms with van der Waals surface area (Å²) < 4.78 is 5.52. The zero-order valence-corrected chi connectivity index (χ0v) is 10.3. The fourth-order valence-corrected chi connectivity index (χ4v) is 3.10. The van der Waals surface area contributed by atoms with Gasteiger partial charge in [0.1, 0.15) is 0 Å². The van der Waals surface area contributed by atoms with Crippen LogP contribution in [0.15, 0.2) is 36.5 Å². The summed E-state index contributed by atoms with van der Waals surface area (Å²) in [5.74, 6) is 0. The van der Waals surface area contributed by atoms with Gasteiger partial charge in [-0.2, -0.15) is 0 Å². The molecule has 18 heavy (non-hydrogen) atoms. The van der Waals surface area contributed by atoms with Crippen LogP contribution in [0.3, 0.4) is 0 Å². The molecule has 2 aromatic rings.